The van der Waals surface area contributed by atoms with Gasteiger partial charge < -0.3 is 20.8 Å². The standard InChI is InChI=1S/C17H23N5O2S/c1-10-6-13(11(2)22(10)8-12-4-3-5-24-12)14(23)9-25-17-20-15(18)7-16(19)21-17/h6-7,12H,3-5,8-9H2,1-2H3,(H4,18,19,20,21). The summed E-state index contributed by atoms with van der Waals surface area (Å²) in [4.78, 5) is 20.8. The smallest absolute Gasteiger partial charge is 0.191 e. The molecule has 0 aliphatic carbocycles. The van der Waals surface area contributed by atoms with Crippen molar-refractivity contribution in [2.45, 2.75) is 44.5 Å². The van der Waals surface area contributed by atoms with E-state index in [4.69, 9.17) is 16.2 Å². The van der Waals surface area contributed by atoms with Gasteiger partial charge in [-0.1, -0.05) is 11.8 Å². The lowest BCUT2D eigenvalue weighted by atomic mass is 10.2. The molecule has 0 bridgehead atoms. The molecule has 8 heteroatoms. The Morgan fingerprint density at radius 2 is 2.04 bits per heavy atom. The normalized spacial score (nSPS) is 17.1. The molecule has 0 spiro atoms. The summed E-state index contributed by atoms with van der Waals surface area (Å²) in [5.74, 6) is 0.892. The number of Topliss-reactive ketones (excluding diaryl/α,β-unsaturated/α-hetero) is 1. The zero-order valence-electron chi connectivity index (χ0n) is 14.5. The third kappa shape index (κ3) is 4.13. The van der Waals surface area contributed by atoms with E-state index in [2.05, 4.69) is 14.5 Å². The molecule has 0 radical (unpaired) electrons. The zero-order valence-corrected chi connectivity index (χ0v) is 15.3. The minimum atomic E-state index is 0.0429. The number of hydrogen-bond acceptors (Lipinski definition) is 7. The third-order valence-electron chi connectivity index (χ3n) is 4.36. The molecule has 3 rings (SSSR count). The van der Waals surface area contributed by atoms with Gasteiger partial charge in [-0.05, 0) is 32.8 Å². The number of ketones is 1. The largest absolute Gasteiger partial charge is 0.383 e. The van der Waals surface area contributed by atoms with Gasteiger partial charge in [-0.2, -0.15) is 0 Å². The number of aryl methyl sites for hydroxylation is 1. The van der Waals surface area contributed by atoms with Crippen molar-refractivity contribution in [3.05, 3.63) is 29.1 Å². The lowest BCUT2D eigenvalue weighted by Crippen LogP contribution is -2.17. The first-order valence-corrected chi connectivity index (χ1v) is 9.27. The molecular weight excluding hydrogens is 338 g/mol. The highest BCUT2D eigenvalue weighted by molar-refractivity contribution is 7.99. The van der Waals surface area contributed by atoms with Gasteiger partial charge in [0.05, 0.1) is 11.9 Å². The molecule has 4 N–H and O–H groups in total. The molecule has 1 fully saturated rings. The van der Waals surface area contributed by atoms with Crippen LogP contribution in [0.25, 0.3) is 0 Å². The van der Waals surface area contributed by atoms with Crippen LogP contribution in [0.4, 0.5) is 11.6 Å². The molecule has 2 aromatic heterocycles. The van der Waals surface area contributed by atoms with Gasteiger partial charge in [0.15, 0.2) is 10.9 Å². The van der Waals surface area contributed by atoms with E-state index in [0.29, 0.717) is 16.8 Å². The Balaban J connectivity index is 1.69. The third-order valence-corrected chi connectivity index (χ3v) is 5.21. The molecule has 25 heavy (non-hydrogen) atoms. The van der Waals surface area contributed by atoms with Crippen LogP contribution >= 0.6 is 11.8 Å². The number of thioether (sulfide) groups is 1. The summed E-state index contributed by atoms with van der Waals surface area (Å²) in [6.45, 7) is 5.63. The van der Waals surface area contributed by atoms with E-state index < -0.39 is 0 Å². The van der Waals surface area contributed by atoms with Crippen LogP contribution < -0.4 is 11.5 Å². The van der Waals surface area contributed by atoms with E-state index in [9.17, 15) is 4.79 Å². The predicted octanol–water partition coefficient (Wildman–Crippen LogP) is 2.21. The van der Waals surface area contributed by atoms with Gasteiger partial charge in [0.1, 0.15) is 11.6 Å². The zero-order chi connectivity index (χ0) is 18.0. The number of aromatic nitrogens is 3. The molecule has 2 aromatic rings. The minimum Gasteiger partial charge on any atom is -0.383 e. The molecule has 1 saturated heterocycles. The number of anilines is 2. The fourth-order valence-electron chi connectivity index (χ4n) is 3.09. The van der Waals surface area contributed by atoms with Crippen molar-refractivity contribution in [3.63, 3.8) is 0 Å². The number of nitrogens with two attached hydrogens (primary N) is 2. The maximum atomic E-state index is 12.6. The van der Waals surface area contributed by atoms with Gasteiger partial charge in [0, 0.05) is 36.2 Å². The van der Waals surface area contributed by atoms with Gasteiger partial charge in [0.25, 0.3) is 0 Å². The van der Waals surface area contributed by atoms with Crippen molar-refractivity contribution >= 4 is 29.2 Å². The highest BCUT2D eigenvalue weighted by atomic mass is 32.2. The quantitative estimate of drug-likeness (QED) is 0.461. The van der Waals surface area contributed by atoms with E-state index in [1.165, 1.54) is 17.8 Å². The summed E-state index contributed by atoms with van der Waals surface area (Å²) in [6, 6.07) is 3.44. The summed E-state index contributed by atoms with van der Waals surface area (Å²) < 4.78 is 7.88. The average molecular weight is 361 g/mol. The first-order valence-electron chi connectivity index (χ1n) is 8.28. The van der Waals surface area contributed by atoms with E-state index in [0.717, 1.165) is 42.9 Å². The number of ether oxygens (including phenoxy) is 1. The molecule has 1 aliphatic heterocycles. The molecule has 0 saturated carbocycles. The van der Waals surface area contributed by atoms with Crippen LogP contribution in [0.5, 0.6) is 0 Å². The second-order valence-electron chi connectivity index (χ2n) is 6.24. The summed E-state index contributed by atoms with van der Waals surface area (Å²) in [5.41, 5.74) is 14.1. The lowest BCUT2D eigenvalue weighted by Gasteiger charge is -2.14. The van der Waals surface area contributed by atoms with Gasteiger partial charge in [0.2, 0.25) is 0 Å². The topological polar surface area (TPSA) is 109 Å². The molecule has 1 atom stereocenters. The fraction of sp³-hybridized carbons (Fsp3) is 0.471. The fourth-order valence-corrected chi connectivity index (χ4v) is 3.85. The van der Waals surface area contributed by atoms with Gasteiger partial charge >= 0.3 is 0 Å². The Morgan fingerprint density at radius 3 is 2.68 bits per heavy atom. The molecule has 1 aliphatic rings. The Labute approximate surface area is 151 Å². The minimum absolute atomic E-state index is 0.0429. The summed E-state index contributed by atoms with van der Waals surface area (Å²) >= 11 is 1.24. The Morgan fingerprint density at radius 1 is 1.32 bits per heavy atom. The number of carbonyl (C=O) groups is 1. The van der Waals surface area contributed by atoms with Crippen LogP contribution in [-0.2, 0) is 11.3 Å². The first kappa shape index (κ1) is 17.8. The second kappa shape index (κ2) is 7.45. The van der Waals surface area contributed by atoms with Crippen LogP contribution in [0.15, 0.2) is 17.3 Å². The summed E-state index contributed by atoms with van der Waals surface area (Å²) in [7, 11) is 0. The lowest BCUT2D eigenvalue weighted by molar-refractivity contribution is 0.0957. The summed E-state index contributed by atoms with van der Waals surface area (Å²) in [6.07, 6.45) is 2.42. The highest BCUT2D eigenvalue weighted by Crippen LogP contribution is 2.23. The number of rotatable bonds is 6. The van der Waals surface area contributed by atoms with Crippen LogP contribution in [-0.4, -0.2) is 38.8 Å². The molecule has 134 valence electrons. The SMILES string of the molecule is Cc1cc(C(=O)CSc2nc(N)cc(N)n2)c(C)n1CC1CCCO1. The van der Waals surface area contributed by atoms with Crippen molar-refractivity contribution in [1.29, 1.82) is 0 Å². The van der Waals surface area contributed by atoms with E-state index >= 15 is 0 Å². The predicted molar refractivity (Wildman–Crippen MR) is 98.8 cm³/mol. The highest BCUT2D eigenvalue weighted by Gasteiger charge is 2.21. The molecule has 1 unspecified atom stereocenters. The monoisotopic (exact) mass is 361 g/mol. The first-order chi connectivity index (χ1) is 11.9. The van der Waals surface area contributed by atoms with Gasteiger partial charge in [-0.25, -0.2) is 9.97 Å². The Bertz CT molecular complexity index is 763. The maximum absolute atomic E-state index is 12.6. The number of carbonyl (C=O) groups excluding carboxylic acids is 1. The molecule has 0 amide bonds. The van der Waals surface area contributed by atoms with E-state index in [1.54, 1.807) is 0 Å². The van der Waals surface area contributed by atoms with Gasteiger partial charge in [-0.3, -0.25) is 4.79 Å². The van der Waals surface area contributed by atoms with Crippen LogP contribution in [0.1, 0.15) is 34.6 Å². The molecular formula is C17H23N5O2S. The Kier molecular flexibility index (Phi) is 5.29. The van der Waals surface area contributed by atoms with E-state index in [-0.39, 0.29) is 17.6 Å². The second-order valence-corrected chi connectivity index (χ2v) is 7.19. The van der Waals surface area contributed by atoms with Crippen LogP contribution in [0.3, 0.4) is 0 Å². The van der Waals surface area contributed by atoms with Crippen molar-refractivity contribution in [2.24, 2.45) is 0 Å². The number of nitrogens with zero attached hydrogens (tertiary/aromatic N) is 3. The maximum Gasteiger partial charge on any atom is 0.191 e. The number of hydrogen-bond donors (Lipinski definition) is 2. The van der Waals surface area contributed by atoms with Crippen molar-refractivity contribution in [1.82, 2.24) is 14.5 Å². The van der Waals surface area contributed by atoms with Gasteiger partial charge in [-0.15, -0.1) is 0 Å². The Hall–Kier alpha value is -2.06. The van der Waals surface area contributed by atoms with Crippen LogP contribution in [0.2, 0.25) is 0 Å². The van der Waals surface area contributed by atoms with Crippen molar-refractivity contribution in [2.75, 3.05) is 23.8 Å². The van der Waals surface area contributed by atoms with Crippen LogP contribution in [0, 0.1) is 13.8 Å². The van der Waals surface area contributed by atoms with Crippen molar-refractivity contribution < 1.29 is 9.53 Å². The molecule has 7 nitrogen and oxygen atoms in total. The average Bonchev–Trinajstić information content (AvgIpc) is 3.15. The molecule has 3 heterocycles. The number of nitrogen functional groups attached to an aromatic ring is 2. The molecule has 0 aromatic carbocycles. The van der Waals surface area contributed by atoms with E-state index in [1.807, 2.05) is 19.9 Å². The summed E-state index contributed by atoms with van der Waals surface area (Å²) in [5, 5.41) is 0.416. The van der Waals surface area contributed by atoms with Crippen molar-refractivity contribution in [3.8, 4) is 0 Å².